The van der Waals surface area contributed by atoms with Crippen molar-refractivity contribution in [2.45, 2.75) is 0 Å². The van der Waals surface area contributed by atoms with Crippen LogP contribution in [0.2, 0.25) is 0 Å². The highest BCUT2D eigenvalue weighted by Gasteiger charge is 1.94. The molecule has 0 atom stereocenters. The fourth-order valence-corrected chi connectivity index (χ4v) is 0.209. The summed E-state index contributed by atoms with van der Waals surface area (Å²) < 4.78 is 4.53. The first-order chi connectivity index (χ1) is 4.27. The maximum absolute atomic E-state index is 9.57. The van der Waals surface area contributed by atoms with Gasteiger partial charge in [0, 0.05) is 7.11 Å². The molecule has 0 saturated carbocycles. The van der Waals surface area contributed by atoms with Crippen molar-refractivity contribution >= 4 is 6.16 Å². The lowest BCUT2D eigenvalue weighted by atomic mass is 10.8. The van der Waals surface area contributed by atoms with Gasteiger partial charge in [-0.1, -0.05) is 0 Å². The van der Waals surface area contributed by atoms with Gasteiger partial charge in [0.15, 0.2) is 0 Å². The summed E-state index contributed by atoms with van der Waals surface area (Å²) in [7, 11) is 1.48. The topological polar surface area (TPSA) is 96.5 Å². The van der Waals surface area contributed by atoms with Crippen LogP contribution < -0.4 is 0 Å². The van der Waals surface area contributed by atoms with E-state index < -0.39 is 6.16 Å². The smallest absolute Gasteiger partial charge is 0.448 e. The zero-order valence-electron chi connectivity index (χ0n) is 5.49. The van der Waals surface area contributed by atoms with Gasteiger partial charge >= 0.3 is 6.16 Å². The Kier molecular flexibility index (Phi) is 9.69. The second-order valence-electron chi connectivity index (χ2n) is 1.16. The van der Waals surface area contributed by atoms with E-state index in [-0.39, 0.29) is 12.1 Å². The van der Waals surface area contributed by atoms with Gasteiger partial charge in [-0.2, -0.15) is 4.89 Å². The minimum Gasteiger partial charge on any atom is -0.448 e. The van der Waals surface area contributed by atoms with Crippen molar-refractivity contribution in [2.24, 2.45) is 0 Å². The van der Waals surface area contributed by atoms with E-state index in [1.165, 1.54) is 7.11 Å². The average molecular weight is 154 g/mol. The highest BCUT2D eigenvalue weighted by Crippen LogP contribution is 1.78. The van der Waals surface area contributed by atoms with Crippen molar-refractivity contribution in [3.8, 4) is 0 Å². The fourth-order valence-electron chi connectivity index (χ4n) is 0.209. The molecule has 0 spiro atoms. The van der Waals surface area contributed by atoms with Crippen molar-refractivity contribution < 1.29 is 29.9 Å². The lowest BCUT2D eigenvalue weighted by molar-refractivity contribution is -0.255. The van der Waals surface area contributed by atoms with E-state index in [0.717, 1.165) is 0 Å². The van der Waals surface area contributed by atoms with E-state index in [4.69, 9.17) is 5.11 Å². The summed E-state index contributed by atoms with van der Waals surface area (Å²) in [4.78, 5) is 17.4. The van der Waals surface area contributed by atoms with Crippen molar-refractivity contribution in [2.75, 3.05) is 20.3 Å². The van der Waals surface area contributed by atoms with Gasteiger partial charge in [-0.3, -0.25) is 4.89 Å². The fraction of sp³-hybridized carbons (Fsp3) is 0.750. The normalized spacial score (nSPS) is 8.10. The lowest BCUT2D eigenvalue weighted by Gasteiger charge is -1.96. The zero-order chi connectivity index (χ0) is 7.11. The van der Waals surface area contributed by atoms with Crippen LogP contribution in [-0.2, 0) is 14.5 Å². The van der Waals surface area contributed by atoms with Crippen molar-refractivity contribution in [1.29, 1.82) is 0 Å². The monoisotopic (exact) mass is 154 g/mol. The Labute approximate surface area is 57.5 Å². The van der Waals surface area contributed by atoms with Gasteiger partial charge in [0.25, 0.3) is 0 Å². The summed E-state index contributed by atoms with van der Waals surface area (Å²) in [5.74, 6) is 0. The van der Waals surface area contributed by atoms with Crippen LogP contribution in [0.4, 0.5) is 4.79 Å². The summed E-state index contributed by atoms with van der Waals surface area (Å²) >= 11 is 0. The van der Waals surface area contributed by atoms with Gasteiger partial charge in [-0.25, -0.2) is 4.79 Å². The molecule has 0 aliphatic heterocycles. The molecule has 0 aliphatic carbocycles. The molecule has 6 heteroatoms. The molecule has 0 radical (unpaired) electrons. The van der Waals surface area contributed by atoms with Gasteiger partial charge in [0.2, 0.25) is 0 Å². The molecule has 10 heavy (non-hydrogen) atoms. The van der Waals surface area contributed by atoms with Crippen LogP contribution in [0, 0.1) is 0 Å². The molecular weight excluding hydrogens is 144 g/mol. The first-order valence-electron chi connectivity index (χ1n) is 2.28. The van der Waals surface area contributed by atoms with Crippen LogP contribution in [0.15, 0.2) is 0 Å². The highest BCUT2D eigenvalue weighted by atomic mass is 17.2. The zero-order valence-corrected chi connectivity index (χ0v) is 5.49. The molecule has 0 aromatic rings. The van der Waals surface area contributed by atoms with Crippen molar-refractivity contribution in [1.82, 2.24) is 0 Å². The second-order valence-corrected chi connectivity index (χ2v) is 1.16. The average Bonchev–Trinajstić information content (AvgIpc) is 1.80. The predicted molar refractivity (Wildman–Crippen MR) is 30.6 cm³/mol. The van der Waals surface area contributed by atoms with Gasteiger partial charge in [0.1, 0.15) is 6.61 Å². The number of methoxy groups -OCH3 is 1. The van der Waals surface area contributed by atoms with Crippen LogP contribution in [0.5, 0.6) is 0 Å². The third kappa shape index (κ3) is 10.2. The number of ether oxygens (including phenoxy) is 1. The molecule has 0 aromatic heterocycles. The molecule has 0 aliphatic rings. The Morgan fingerprint density at radius 3 is 2.50 bits per heavy atom. The van der Waals surface area contributed by atoms with Crippen molar-refractivity contribution in [3.05, 3.63) is 0 Å². The number of rotatable bonds is 4. The maximum atomic E-state index is 9.57. The lowest BCUT2D eigenvalue weighted by Crippen LogP contribution is -2.06. The van der Waals surface area contributed by atoms with E-state index >= 15 is 0 Å². The van der Waals surface area contributed by atoms with Gasteiger partial charge in [-0.05, 0) is 0 Å². The summed E-state index contributed by atoms with van der Waals surface area (Å²) in [6.45, 7) is 0.427. The van der Waals surface area contributed by atoms with Crippen LogP contribution in [0.1, 0.15) is 0 Å². The molecule has 0 amide bonds. The second kappa shape index (κ2) is 8.15. The largest absolute Gasteiger partial charge is 0.537 e. The molecule has 0 bridgehead atoms. The molecule has 0 aromatic carbocycles. The van der Waals surface area contributed by atoms with Gasteiger partial charge in [0.05, 0.1) is 6.61 Å². The summed E-state index contributed by atoms with van der Waals surface area (Å²) in [6, 6.07) is 0. The molecule has 62 valence electrons. The van der Waals surface area contributed by atoms with Crippen LogP contribution in [-0.4, -0.2) is 37.1 Å². The SMILES string of the molecule is COCCOOC(=O)O.O. The highest BCUT2D eigenvalue weighted by molar-refractivity contribution is 5.55. The first kappa shape index (κ1) is 11.9. The molecular formula is C4H10O6. The first-order valence-corrected chi connectivity index (χ1v) is 2.28. The minimum atomic E-state index is -1.45. The summed E-state index contributed by atoms with van der Waals surface area (Å²) in [5.41, 5.74) is 0. The standard InChI is InChI=1S/C4H8O5.H2O/c1-7-2-3-8-9-4(5)6;/h2-3H2,1H3,(H,5,6);1H2. The maximum Gasteiger partial charge on any atom is 0.537 e. The Bertz CT molecular complexity index is 81.8. The van der Waals surface area contributed by atoms with Crippen LogP contribution in [0.3, 0.4) is 0 Å². The Morgan fingerprint density at radius 2 is 2.10 bits per heavy atom. The van der Waals surface area contributed by atoms with E-state index in [2.05, 4.69) is 14.5 Å². The molecule has 0 saturated heterocycles. The number of hydrogen-bond acceptors (Lipinski definition) is 4. The Morgan fingerprint density at radius 1 is 1.50 bits per heavy atom. The number of hydrogen-bond donors (Lipinski definition) is 1. The van der Waals surface area contributed by atoms with Gasteiger partial charge in [-0.15, -0.1) is 0 Å². The third-order valence-electron chi connectivity index (χ3n) is 0.501. The van der Waals surface area contributed by atoms with E-state index in [9.17, 15) is 4.79 Å². The third-order valence-corrected chi connectivity index (χ3v) is 0.501. The van der Waals surface area contributed by atoms with Crippen LogP contribution in [0.25, 0.3) is 0 Å². The quantitative estimate of drug-likeness (QED) is 0.332. The Balaban J connectivity index is 0. The summed E-state index contributed by atoms with van der Waals surface area (Å²) in [6.07, 6.45) is -1.45. The molecule has 6 nitrogen and oxygen atoms in total. The number of carboxylic acid groups (broad SMARTS) is 1. The van der Waals surface area contributed by atoms with Crippen LogP contribution >= 0.6 is 0 Å². The predicted octanol–water partition coefficient (Wildman–Crippen LogP) is -0.566. The molecule has 0 fully saturated rings. The number of carbonyl (C=O) groups is 1. The molecule has 0 heterocycles. The molecule has 0 unspecified atom stereocenters. The summed E-state index contributed by atoms with van der Waals surface area (Å²) in [5, 5.41) is 7.82. The van der Waals surface area contributed by atoms with Crippen molar-refractivity contribution in [3.63, 3.8) is 0 Å². The van der Waals surface area contributed by atoms with E-state index in [1.54, 1.807) is 0 Å². The molecule has 3 N–H and O–H groups in total. The van der Waals surface area contributed by atoms with E-state index in [1.807, 2.05) is 0 Å². The van der Waals surface area contributed by atoms with E-state index in [0.29, 0.717) is 6.61 Å². The Hall–Kier alpha value is -0.850. The minimum absolute atomic E-state index is 0. The molecule has 0 rings (SSSR count). The van der Waals surface area contributed by atoms with Gasteiger partial charge < -0.3 is 15.3 Å².